The molecule has 7 heteroatoms. The smallest absolute Gasteiger partial charge is 0.254 e. The highest BCUT2D eigenvalue weighted by Gasteiger charge is 2.41. The topological polar surface area (TPSA) is 69.7 Å². The summed E-state index contributed by atoms with van der Waals surface area (Å²) in [5.74, 6) is 0.202. The van der Waals surface area contributed by atoms with Gasteiger partial charge in [0.15, 0.2) is 0 Å². The number of halogens is 1. The average molecular weight is 462 g/mol. The lowest BCUT2D eigenvalue weighted by atomic mass is 9.74. The van der Waals surface area contributed by atoms with Gasteiger partial charge in [-0.05, 0) is 68.8 Å². The maximum absolute atomic E-state index is 13.4. The molecule has 0 spiro atoms. The summed E-state index contributed by atoms with van der Waals surface area (Å²) in [4.78, 5) is 42.2. The van der Waals surface area contributed by atoms with Crippen LogP contribution in [0.5, 0.6) is 0 Å². The van der Waals surface area contributed by atoms with Crippen molar-refractivity contribution in [2.24, 2.45) is 17.3 Å². The minimum atomic E-state index is -0.718. The quantitative estimate of drug-likeness (QED) is 0.675. The molecular weight excluding hydrogens is 426 g/mol. The maximum Gasteiger partial charge on any atom is 0.254 e. The second kappa shape index (κ2) is 9.92. The molecule has 1 aromatic rings. The van der Waals surface area contributed by atoms with E-state index < -0.39 is 11.5 Å². The van der Waals surface area contributed by atoms with Gasteiger partial charge in [-0.15, -0.1) is 0 Å². The summed E-state index contributed by atoms with van der Waals surface area (Å²) >= 11 is 6.47. The van der Waals surface area contributed by atoms with Crippen molar-refractivity contribution in [2.75, 3.05) is 38.6 Å². The standard InChI is InChI=1S/C25H36ClN3O3/c1-25(2,3)23(31)22(30)21-14-17(16-8-11-27-12-9-16)10-13-29(21)18-6-7-19(20(26)15-18)24(32)28(4)5/h6-7,15-17,21,27H,8-14H2,1-5H3. The lowest BCUT2D eigenvalue weighted by Gasteiger charge is -2.43. The highest BCUT2D eigenvalue weighted by Crippen LogP contribution is 2.38. The zero-order valence-corrected chi connectivity index (χ0v) is 20.7. The molecule has 2 aliphatic heterocycles. The van der Waals surface area contributed by atoms with E-state index in [-0.39, 0.29) is 17.5 Å². The highest BCUT2D eigenvalue weighted by atomic mass is 35.5. The van der Waals surface area contributed by atoms with Gasteiger partial charge in [0.1, 0.15) is 0 Å². The summed E-state index contributed by atoms with van der Waals surface area (Å²) in [5, 5.41) is 3.77. The van der Waals surface area contributed by atoms with Crippen molar-refractivity contribution in [3.05, 3.63) is 28.8 Å². The predicted molar refractivity (Wildman–Crippen MR) is 128 cm³/mol. The molecule has 0 radical (unpaired) electrons. The number of nitrogens with one attached hydrogen (secondary N) is 1. The van der Waals surface area contributed by atoms with E-state index in [2.05, 4.69) is 5.32 Å². The predicted octanol–water partition coefficient (Wildman–Crippen LogP) is 3.81. The lowest BCUT2D eigenvalue weighted by molar-refractivity contribution is -0.142. The molecule has 1 aromatic carbocycles. The number of Topliss-reactive ketones (excluding diaryl/α,β-unsaturated/α-hetero) is 2. The van der Waals surface area contributed by atoms with Gasteiger partial charge in [0, 0.05) is 31.7 Å². The SMILES string of the molecule is CN(C)C(=O)c1ccc(N2CCC(C3CCNCC3)CC2C(=O)C(=O)C(C)(C)C)cc1Cl. The second-order valence-corrected chi connectivity index (χ2v) is 10.8. The Kier molecular flexibility index (Phi) is 7.66. The number of hydrogen-bond acceptors (Lipinski definition) is 5. The van der Waals surface area contributed by atoms with Crippen LogP contribution in [-0.2, 0) is 9.59 Å². The first-order valence-corrected chi connectivity index (χ1v) is 12.0. The Morgan fingerprint density at radius 3 is 2.28 bits per heavy atom. The van der Waals surface area contributed by atoms with E-state index in [9.17, 15) is 14.4 Å². The molecule has 2 fully saturated rings. The summed E-state index contributed by atoms with van der Waals surface area (Å²) < 4.78 is 0. The number of carbonyl (C=O) groups is 3. The molecule has 1 amide bonds. The Morgan fingerprint density at radius 1 is 1.06 bits per heavy atom. The van der Waals surface area contributed by atoms with Gasteiger partial charge < -0.3 is 15.1 Å². The van der Waals surface area contributed by atoms with E-state index in [0.29, 0.717) is 35.4 Å². The minimum absolute atomic E-state index is 0.165. The van der Waals surface area contributed by atoms with Gasteiger partial charge in [-0.1, -0.05) is 32.4 Å². The summed E-state index contributed by atoms with van der Waals surface area (Å²) in [7, 11) is 3.37. The molecule has 0 saturated carbocycles. The summed E-state index contributed by atoms with van der Waals surface area (Å²) in [6, 6.07) is 4.81. The lowest BCUT2D eigenvalue weighted by Crippen LogP contribution is -2.52. The maximum atomic E-state index is 13.4. The van der Waals surface area contributed by atoms with E-state index >= 15 is 0 Å². The van der Waals surface area contributed by atoms with E-state index in [0.717, 1.165) is 38.0 Å². The van der Waals surface area contributed by atoms with Crippen LogP contribution in [0.15, 0.2) is 18.2 Å². The first kappa shape index (κ1) is 24.7. The van der Waals surface area contributed by atoms with Crippen molar-refractivity contribution < 1.29 is 14.4 Å². The normalized spacial score (nSPS) is 22.5. The van der Waals surface area contributed by atoms with Crippen molar-refractivity contribution in [1.82, 2.24) is 10.2 Å². The number of carbonyl (C=O) groups excluding carboxylic acids is 3. The van der Waals surface area contributed by atoms with E-state index in [4.69, 9.17) is 11.6 Å². The van der Waals surface area contributed by atoms with Crippen LogP contribution in [0.25, 0.3) is 0 Å². The summed E-state index contributed by atoms with van der Waals surface area (Å²) in [6.07, 6.45) is 3.90. The highest BCUT2D eigenvalue weighted by molar-refractivity contribution is 6.41. The molecule has 32 heavy (non-hydrogen) atoms. The fraction of sp³-hybridized carbons (Fsp3) is 0.640. The fourth-order valence-electron chi connectivity index (χ4n) is 4.91. The van der Waals surface area contributed by atoms with Crippen LogP contribution < -0.4 is 10.2 Å². The number of rotatable bonds is 5. The van der Waals surface area contributed by atoms with Gasteiger partial charge in [0.2, 0.25) is 11.6 Å². The van der Waals surface area contributed by atoms with E-state index in [1.165, 1.54) is 4.90 Å². The third kappa shape index (κ3) is 5.34. The Balaban J connectivity index is 1.90. The van der Waals surface area contributed by atoms with Crippen LogP contribution in [-0.4, -0.2) is 62.1 Å². The van der Waals surface area contributed by atoms with E-state index in [1.807, 2.05) is 11.0 Å². The third-order valence-electron chi connectivity index (χ3n) is 6.82. The number of benzene rings is 1. The molecule has 2 saturated heterocycles. The fourth-order valence-corrected chi connectivity index (χ4v) is 5.17. The molecule has 0 bridgehead atoms. The number of nitrogens with zero attached hydrogens (tertiary/aromatic N) is 2. The van der Waals surface area contributed by atoms with Crippen molar-refractivity contribution in [2.45, 2.75) is 52.5 Å². The van der Waals surface area contributed by atoms with Crippen molar-refractivity contribution in [1.29, 1.82) is 0 Å². The molecule has 2 unspecified atom stereocenters. The Morgan fingerprint density at radius 2 is 1.72 bits per heavy atom. The Bertz CT molecular complexity index is 872. The van der Waals surface area contributed by atoms with Gasteiger partial charge in [0.25, 0.3) is 5.91 Å². The zero-order valence-electron chi connectivity index (χ0n) is 19.9. The number of amides is 1. The molecule has 2 aliphatic rings. The van der Waals surface area contributed by atoms with Gasteiger partial charge >= 0.3 is 0 Å². The van der Waals surface area contributed by atoms with Crippen LogP contribution in [0.2, 0.25) is 5.02 Å². The Labute approximate surface area is 196 Å². The molecule has 2 heterocycles. The number of hydrogen-bond donors (Lipinski definition) is 1. The van der Waals surface area contributed by atoms with E-state index in [1.54, 1.807) is 47.0 Å². The van der Waals surface area contributed by atoms with Gasteiger partial charge in [-0.2, -0.15) is 0 Å². The average Bonchev–Trinajstić information content (AvgIpc) is 2.77. The monoisotopic (exact) mass is 461 g/mol. The Hall–Kier alpha value is -1.92. The molecular formula is C25H36ClN3O3. The third-order valence-corrected chi connectivity index (χ3v) is 7.13. The van der Waals surface area contributed by atoms with Gasteiger partial charge in [-0.25, -0.2) is 0 Å². The minimum Gasteiger partial charge on any atom is -0.361 e. The molecule has 0 aliphatic carbocycles. The molecule has 2 atom stereocenters. The van der Waals surface area contributed by atoms with Crippen LogP contribution in [0.1, 0.15) is 56.8 Å². The van der Waals surface area contributed by atoms with Crippen molar-refractivity contribution >= 4 is 34.8 Å². The van der Waals surface area contributed by atoms with Gasteiger partial charge in [-0.3, -0.25) is 14.4 Å². The second-order valence-electron chi connectivity index (χ2n) is 10.4. The number of ketones is 2. The molecule has 0 aromatic heterocycles. The van der Waals surface area contributed by atoms with Crippen LogP contribution in [0, 0.1) is 17.3 Å². The first-order chi connectivity index (χ1) is 15.0. The molecule has 3 rings (SSSR count). The van der Waals surface area contributed by atoms with Crippen molar-refractivity contribution in [3.63, 3.8) is 0 Å². The molecule has 176 valence electrons. The molecule has 6 nitrogen and oxygen atoms in total. The summed E-state index contributed by atoms with van der Waals surface area (Å²) in [6.45, 7) is 8.11. The van der Waals surface area contributed by atoms with Crippen LogP contribution >= 0.6 is 11.6 Å². The number of anilines is 1. The van der Waals surface area contributed by atoms with Gasteiger partial charge in [0.05, 0.1) is 16.6 Å². The summed E-state index contributed by atoms with van der Waals surface area (Å²) in [5.41, 5.74) is 0.497. The zero-order chi connectivity index (χ0) is 23.6. The number of piperidine rings is 2. The van der Waals surface area contributed by atoms with Crippen molar-refractivity contribution in [3.8, 4) is 0 Å². The van der Waals surface area contributed by atoms with Crippen LogP contribution in [0.3, 0.4) is 0 Å². The van der Waals surface area contributed by atoms with Crippen LogP contribution in [0.4, 0.5) is 5.69 Å². The largest absolute Gasteiger partial charge is 0.361 e. The molecule has 1 N–H and O–H groups in total. The first-order valence-electron chi connectivity index (χ1n) is 11.6.